The van der Waals surface area contributed by atoms with E-state index in [-0.39, 0.29) is 17.8 Å². The summed E-state index contributed by atoms with van der Waals surface area (Å²) in [7, 11) is 0. The third-order valence-corrected chi connectivity index (χ3v) is 4.03. The molecule has 0 spiro atoms. The highest BCUT2D eigenvalue weighted by Crippen LogP contribution is 2.20. The Labute approximate surface area is 140 Å². The van der Waals surface area contributed by atoms with E-state index < -0.39 is 5.82 Å². The van der Waals surface area contributed by atoms with E-state index >= 15 is 0 Å². The maximum Gasteiger partial charge on any atom is 0.321 e. The van der Waals surface area contributed by atoms with Crippen LogP contribution in [0.1, 0.15) is 18.5 Å². The number of aromatic nitrogens is 1. The molecular formula is C18H20FN3O2. The first-order chi connectivity index (χ1) is 11.6. The number of rotatable bonds is 3. The van der Waals surface area contributed by atoms with Crippen molar-refractivity contribution in [2.24, 2.45) is 0 Å². The largest absolute Gasteiger partial charge is 0.489 e. The predicted molar refractivity (Wildman–Crippen MR) is 89.6 cm³/mol. The van der Waals surface area contributed by atoms with Gasteiger partial charge in [0, 0.05) is 31.6 Å². The lowest BCUT2D eigenvalue weighted by Crippen LogP contribution is -2.43. The smallest absolute Gasteiger partial charge is 0.321 e. The molecule has 0 radical (unpaired) electrons. The average molecular weight is 329 g/mol. The second kappa shape index (κ2) is 7.29. The number of halogens is 1. The topological polar surface area (TPSA) is 54.5 Å². The molecule has 0 bridgehead atoms. The highest BCUT2D eigenvalue weighted by Gasteiger charge is 2.24. The number of para-hydroxylation sites is 1. The van der Waals surface area contributed by atoms with Crippen molar-refractivity contribution < 1.29 is 13.9 Å². The van der Waals surface area contributed by atoms with E-state index in [1.54, 1.807) is 29.3 Å². The summed E-state index contributed by atoms with van der Waals surface area (Å²) in [6.07, 6.45) is 3.25. The van der Waals surface area contributed by atoms with Gasteiger partial charge in [0.15, 0.2) is 0 Å². The van der Waals surface area contributed by atoms with Crippen LogP contribution in [0.25, 0.3) is 0 Å². The molecule has 0 saturated carbocycles. The summed E-state index contributed by atoms with van der Waals surface area (Å²) in [4.78, 5) is 18.1. The van der Waals surface area contributed by atoms with Gasteiger partial charge in [-0.2, -0.15) is 0 Å². The van der Waals surface area contributed by atoms with E-state index in [0.29, 0.717) is 13.1 Å². The Kier molecular flexibility index (Phi) is 4.93. The molecule has 6 heteroatoms. The van der Waals surface area contributed by atoms with Crippen LogP contribution in [-0.4, -0.2) is 35.1 Å². The molecule has 1 aliphatic rings. The van der Waals surface area contributed by atoms with Crippen molar-refractivity contribution in [1.82, 2.24) is 9.88 Å². The zero-order valence-electron chi connectivity index (χ0n) is 13.5. The Morgan fingerprint density at radius 3 is 2.67 bits per heavy atom. The number of likely N-dealkylation sites (tertiary alicyclic amines) is 1. The van der Waals surface area contributed by atoms with E-state index in [9.17, 15) is 9.18 Å². The summed E-state index contributed by atoms with van der Waals surface area (Å²) >= 11 is 0. The fraction of sp³-hybridized carbons (Fsp3) is 0.333. The molecule has 5 nitrogen and oxygen atoms in total. The molecule has 1 fully saturated rings. The summed E-state index contributed by atoms with van der Waals surface area (Å²) in [6.45, 7) is 3.07. The fourth-order valence-electron chi connectivity index (χ4n) is 2.65. The second-order valence-corrected chi connectivity index (χ2v) is 5.85. The van der Waals surface area contributed by atoms with Gasteiger partial charge in [-0.05, 0) is 31.2 Å². The number of pyridine rings is 1. The fourth-order valence-corrected chi connectivity index (χ4v) is 2.65. The second-order valence-electron chi connectivity index (χ2n) is 5.85. The van der Waals surface area contributed by atoms with E-state index in [4.69, 9.17) is 4.74 Å². The monoisotopic (exact) mass is 329 g/mol. The van der Waals surface area contributed by atoms with Crippen molar-refractivity contribution in [2.75, 3.05) is 18.4 Å². The van der Waals surface area contributed by atoms with Crippen LogP contribution in [0.4, 0.5) is 14.9 Å². The third kappa shape index (κ3) is 4.01. The summed E-state index contributed by atoms with van der Waals surface area (Å²) < 4.78 is 19.5. The first kappa shape index (κ1) is 16.2. The molecule has 1 N–H and O–H groups in total. The number of ether oxygens (including phenoxy) is 1. The number of urea groups is 1. The maximum atomic E-state index is 13.6. The van der Waals surface area contributed by atoms with Crippen LogP contribution in [0.3, 0.4) is 0 Å². The molecule has 0 unspecified atom stereocenters. The van der Waals surface area contributed by atoms with Gasteiger partial charge in [0.05, 0.1) is 11.9 Å². The number of piperidine rings is 1. The first-order valence-electron chi connectivity index (χ1n) is 8.01. The quantitative estimate of drug-likeness (QED) is 0.936. The average Bonchev–Trinajstić information content (AvgIpc) is 2.59. The van der Waals surface area contributed by atoms with Crippen LogP contribution in [0.2, 0.25) is 0 Å². The van der Waals surface area contributed by atoms with Crippen molar-refractivity contribution >= 4 is 11.7 Å². The van der Waals surface area contributed by atoms with Gasteiger partial charge in [-0.3, -0.25) is 4.98 Å². The standard InChI is InChI=1S/C18H20FN3O2/c1-13-6-7-15(12-20-13)24-14-8-10-22(11-9-14)18(23)21-17-5-3-2-4-16(17)19/h2-7,12,14H,8-11H2,1H3,(H,21,23). The summed E-state index contributed by atoms with van der Waals surface area (Å²) in [5.41, 5.74) is 1.15. The number of hydrogen-bond donors (Lipinski definition) is 1. The van der Waals surface area contributed by atoms with Crippen molar-refractivity contribution in [3.63, 3.8) is 0 Å². The highest BCUT2D eigenvalue weighted by atomic mass is 19.1. The van der Waals surface area contributed by atoms with Crippen LogP contribution >= 0.6 is 0 Å². The van der Waals surface area contributed by atoms with Crippen molar-refractivity contribution in [2.45, 2.75) is 25.9 Å². The molecule has 126 valence electrons. The van der Waals surface area contributed by atoms with Gasteiger partial charge in [-0.15, -0.1) is 0 Å². The van der Waals surface area contributed by atoms with E-state index in [2.05, 4.69) is 10.3 Å². The number of nitrogens with zero attached hydrogens (tertiary/aromatic N) is 2. The van der Waals surface area contributed by atoms with Crippen LogP contribution in [0.15, 0.2) is 42.6 Å². The van der Waals surface area contributed by atoms with Gasteiger partial charge in [0.2, 0.25) is 0 Å². The van der Waals surface area contributed by atoms with Gasteiger partial charge in [0.1, 0.15) is 17.7 Å². The molecule has 2 heterocycles. The molecule has 24 heavy (non-hydrogen) atoms. The zero-order chi connectivity index (χ0) is 16.9. The Morgan fingerprint density at radius 1 is 1.25 bits per heavy atom. The number of hydrogen-bond acceptors (Lipinski definition) is 3. The number of aryl methyl sites for hydroxylation is 1. The van der Waals surface area contributed by atoms with Gasteiger partial charge in [-0.25, -0.2) is 9.18 Å². The van der Waals surface area contributed by atoms with Gasteiger partial charge in [-0.1, -0.05) is 12.1 Å². The number of anilines is 1. The minimum absolute atomic E-state index is 0.0621. The number of benzene rings is 1. The maximum absolute atomic E-state index is 13.6. The van der Waals surface area contributed by atoms with Crippen LogP contribution in [0.5, 0.6) is 5.75 Å². The lowest BCUT2D eigenvalue weighted by molar-refractivity contribution is 0.115. The van der Waals surface area contributed by atoms with Crippen LogP contribution in [-0.2, 0) is 0 Å². The van der Waals surface area contributed by atoms with Crippen LogP contribution < -0.4 is 10.1 Å². The molecule has 0 aliphatic carbocycles. The zero-order valence-corrected chi connectivity index (χ0v) is 13.5. The number of nitrogens with one attached hydrogen (secondary N) is 1. The predicted octanol–water partition coefficient (Wildman–Crippen LogP) is 3.60. The van der Waals surface area contributed by atoms with E-state index in [1.165, 1.54) is 6.07 Å². The molecule has 1 saturated heterocycles. The normalized spacial score (nSPS) is 15.2. The van der Waals surface area contributed by atoms with Gasteiger partial charge < -0.3 is 15.0 Å². The van der Waals surface area contributed by atoms with Gasteiger partial charge >= 0.3 is 6.03 Å². The number of carbonyl (C=O) groups excluding carboxylic acids is 1. The molecule has 2 aromatic rings. The SMILES string of the molecule is Cc1ccc(OC2CCN(C(=O)Nc3ccccc3F)CC2)cn1. The summed E-state index contributed by atoms with van der Waals surface area (Å²) in [5, 5.41) is 2.61. The third-order valence-electron chi connectivity index (χ3n) is 4.03. The molecule has 1 aromatic heterocycles. The summed E-state index contributed by atoms with van der Waals surface area (Å²) in [6, 6.07) is 9.68. The number of carbonyl (C=O) groups is 1. The Balaban J connectivity index is 1.50. The van der Waals surface area contributed by atoms with Crippen molar-refractivity contribution in [3.8, 4) is 5.75 Å². The minimum atomic E-state index is -0.434. The van der Waals surface area contributed by atoms with Crippen molar-refractivity contribution in [1.29, 1.82) is 0 Å². The molecule has 2 amide bonds. The number of amides is 2. The van der Waals surface area contributed by atoms with E-state index in [0.717, 1.165) is 24.3 Å². The molecule has 1 aromatic carbocycles. The molecular weight excluding hydrogens is 309 g/mol. The van der Waals surface area contributed by atoms with E-state index in [1.807, 2.05) is 19.1 Å². The molecule has 0 atom stereocenters. The minimum Gasteiger partial charge on any atom is -0.489 e. The van der Waals surface area contributed by atoms with Crippen LogP contribution in [0, 0.1) is 12.7 Å². The van der Waals surface area contributed by atoms with Gasteiger partial charge in [0.25, 0.3) is 0 Å². The molecule has 1 aliphatic heterocycles. The van der Waals surface area contributed by atoms with Crippen molar-refractivity contribution in [3.05, 3.63) is 54.1 Å². The lowest BCUT2D eigenvalue weighted by Gasteiger charge is -2.32. The molecule has 3 rings (SSSR count). The Hall–Kier alpha value is -2.63. The Morgan fingerprint density at radius 2 is 2.00 bits per heavy atom. The first-order valence-corrected chi connectivity index (χ1v) is 8.01. The lowest BCUT2D eigenvalue weighted by atomic mass is 10.1. The highest BCUT2D eigenvalue weighted by molar-refractivity contribution is 5.89. The summed E-state index contributed by atoms with van der Waals surface area (Å²) in [5.74, 6) is 0.311. The Bertz CT molecular complexity index is 698.